The van der Waals surface area contributed by atoms with E-state index in [1.54, 1.807) is 7.05 Å². The molecule has 0 spiro atoms. The second kappa shape index (κ2) is 6.93. The number of amides is 2. The number of nitrogens with zero attached hydrogens (tertiary/aromatic N) is 3. The van der Waals surface area contributed by atoms with Crippen LogP contribution in [0.1, 0.15) is 12.1 Å². The Labute approximate surface area is 128 Å². The standard InChI is InChI=1S/C15H20N4O3/c1-18(10-8-14(20)21)15(22)16-9-7-12-11-5-3-4-6-13(11)19(2)17-12/h3-6H,7-10H2,1-2H3,(H,16,22)(H,20,21). The molecule has 22 heavy (non-hydrogen) atoms. The van der Waals surface area contributed by atoms with Crippen molar-refractivity contribution in [1.82, 2.24) is 20.0 Å². The first kappa shape index (κ1) is 15.8. The molecule has 0 saturated heterocycles. The number of nitrogens with one attached hydrogen (secondary N) is 1. The number of urea groups is 1. The lowest BCUT2D eigenvalue weighted by Crippen LogP contribution is -2.39. The summed E-state index contributed by atoms with van der Waals surface area (Å²) in [5.74, 6) is -0.917. The maximum atomic E-state index is 11.8. The number of carbonyl (C=O) groups is 2. The van der Waals surface area contributed by atoms with Crippen LogP contribution in [0, 0.1) is 0 Å². The molecule has 0 bridgehead atoms. The average Bonchev–Trinajstić information content (AvgIpc) is 2.81. The van der Waals surface area contributed by atoms with E-state index < -0.39 is 5.97 Å². The van der Waals surface area contributed by atoms with Gasteiger partial charge in [0.2, 0.25) is 0 Å². The van der Waals surface area contributed by atoms with Crippen LogP contribution in [0.2, 0.25) is 0 Å². The third-order valence-corrected chi connectivity index (χ3v) is 3.48. The molecule has 1 aromatic heterocycles. The van der Waals surface area contributed by atoms with Crippen molar-refractivity contribution in [3.05, 3.63) is 30.0 Å². The van der Waals surface area contributed by atoms with Crippen LogP contribution in [0.4, 0.5) is 4.79 Å². The van der Waals surface area contributed by atoms with E-state index in [4.69, 9.17) is 5.11 Å². The predicted molar refractivity (Wildman–Crippen MR) is 82.7 cm³/mol. The van der Waals surface area contributed by atoms with Gasteiger partial charge in [-0.3, -0.25) is 9.48 Å². The molecular weight excluding hydrogens is 284 g/mol. The lowest BCUT2D eigenvalue weighted by Gasteiger charge is -2.16. The van der Waals surface area contributed by atoms with Crippen LogP contribution < -0.4 is 5.32 Å². The molecule has 2 N–H and O–H groups in total. The number of fused-ring (bicyclic) bond motifs is 1. The summed E-state index contributed by atoms with van der Waals surface area (Å²) in [5, 5.41) is 16.9. The quantitative estimate of drug-likeness (QED) is 0.840. The Morgan fingerprint density at radius 3 is 2.82 bits per heavy atom. The molecule has 7 nitrogen and oxygen atoms in total. The highest BCUT2D eigenvalue weighted by atomic mass is 16.4. The van der Waals surface area contributed by atoms with Gasteiger partial charge in [-0.25, -0.2) is 4.79 Å². The molecule has 1 aromatic carbocycles. The third-order valence-electron chi connectivity index (χ3n) is 3.48. The van der Waals surface area contributed by atoms with Crippen molar-refractivity contribution >= 4 is 22.9 Å². The van der Waals surface area contributed by atoms with Gasteiger partial charge in [0.1, 0.15) is 0 Å². The Balaban J connectivity index is 1.87. The molecule has 0 aliphatic rings. The number of carbonyl (C=O) groups excluding carboxylic acids is 1. The Kier molecular flexibility index (Phi) is 4.98. The zero-order valence-corrected chi connectivity index (χ0v) is 12.7. The topological polar surface area (TPSA) is 87.5 Å². The Bertz CT molecular complexity index is 680. The fourth-order valence-electron chi connectivity index (χ4n) is 2.26. The molecule has 1 heterocycles. The van der Waals surface area contributed by atoms with E-state index in [-0.39, 0.29) is 19.0 Å². The largest absolute Gasteiger partial charge is 0.481 e. The van der Waals surface area contributed by atoms with Crippen molar-refractivity contribution in [3.63, 3.8) is 0 Å². The zero-order chi connectivity index (χ0) is 16.1. The molecule has 2 aromatic rings. The van der Waals surface area contributed by atoms with E-state index >= 15 is 0 Å². The van der Waals surface area contributed by atoms with E-state index in [0.717, 1.165) is 16.6 Å². The maximum Gasteiger partial charge on any atom is 0.317 e. The number of hydrogen-bond acceptors (Lipinski definition) is 3. The molecule has 0 radical (unpaired) electrons. The van der Waals surface area contributed by atoms with Gasteiger partial charge in [-0.2, -0.15) is 5.10 Å². The summed E-state index contributed by atoms with van der Waals surface area (Å²) in [6.45, 7) is 0.644. The summed E-state index contributed by atoms with van der Waals surface area (Å²) >= 11 is 0. The van der Waals surface area contributed by atoms with Crippen LogP contribution >= 0.6 is 0 Å². The normalized spacial score (nSPS) is 10.6. The van der Waals surface area contributed by atoms with Crippen molar-refractivity contribution < 1.29 is 14.7 Å². The van der Waals surface area contributed by atoms with Crippen molar-refractivity contribution in [2.45, 2.75) is 12.8 Å². The van der Waals surface area contributed by atoms with E-state index in [0.29, 0.717) is 13.0 Å². The lowest BCUT2D eigenvalue weighted by atomic mass is 10.2. The molecule has 0 unspecified atom stereocenters. The number of aromatic nitrogens is 2. The van der Waals surface area contributed by atoms with Gasteiger partial charge in [-0.1, -0.05) is 18.2 Å². The van der Waals surface area contributed by atoms with Gasteiger partial charge in [-0.15, -0.1) is 0 Å². The van der Waals surface area contributed by atoms with Gasteiger partial charge >= 0.3 is 12.0 Å². The van der Waals surface area contributed by atoms with E-state index in [1.807, 2.05) is 36.0 Å². The van der Waals surface area contributed by atoms with Crippen molar-refractivity contribution in [3.8, 4) is 0 Å². The molecule has 0 saturated carbocycles. The van der Waals surface area contributed by atoms with Gasteiger partial charge in [0.25, 0.3) is 0 Å². The second-order valence-corrected chi connectivity index (χ2v) is 5.13. The fourth-order valence-corrected chi connectivity index (χ4v) is 2.26. The van der Waals surface area contributed by atoms with E-state index in [9.17, 15) is 9.59 Å². The summed E-state index contributed by atoms with van der Waals surface area (Å²) in [7, 11) is 3.47. The third kappa shape index (κ3) is 3.75. The van der Waals surface area contributed by atoms with Crippen molar-refractivity contribution in [2.24, 2.45) is 7.05 Å². The fraction of sp³-hybridized carbons (Fsp3) is 0.400. The minimum absolute atomic E-state index is 0.0607. The van der Waals surface area contributed by atoms with E-state index in [2.05, 4.69) is 10.4 Å². The van der Waals surface area contributed by atoms with Crippen LogP contribution in [0.3, 0.4) is 0 Å². The average molecular weight is 304 g/mol. The van der Waals surface area contributed by atoms with Crippen molar-refractivity contribution in [2.75, 3.05) is 20.1 Å². The summed E-state index contributed by atoms with van der Waals surface area (Å²) < 4.78 is 1.82. The molecule has 0 fully saturated rings. The first-order chi connectivity index (χ1) is 10.5. The first-order valence-electron chi connectivity index (χ1n) is 7.10. The highest BCUT2D eigenvalue weighted by Crippen LogP contribution is 2.17. The maximum absolute atomic E-state index is 11.8. The molecule has 0 aliphatic heterocycles. The second-order valence-electron chi connectivity index (χ2n) is 5.13. The minimum atomic E-state index is -0.917. The summed E-state index contributed by atoms with van der Waals surface area (Å²) in [4.78, 5) is 23.7. The molecular formula is C15H20N4O3. The number of aliphatic carboxylic acids is 1. The molecule has 0 atom stereocenters. The molecule has 2 rings (SSSR count). The summed E-state index contributed by atoms with van der Waals surface area (Å²) in [6.07, 6.45) is 0.564. The van der Waals surface area contributed by atoms with Gasteiger partial charge in [0, 0.05) is 39.0 Å². The first-order valence-corrected chi connectivity index (χ1v) is 7.10. The van der Waals surface area contributed by atoms with Crippen molar-refractivity contribution in [1.29, 1.82) is 0 Å². The van der Waals surface area contributed by atoms with Gasteiger partial charge in [0.05, 0.1) is 17.6 Å². The summed E-state index contributed by atoms with van der Waals surface area (Å²) in [5.41, 5.74) is 1.99. The smallest absolute Gasteiger partial charge is 0.317 e. The number of hydrogen-bond donors (Lipinski definition) is 2. The van der Waals surface area contributed by atoms with Crippen LogP contribution in [-0.4, -0.2) is 51.9 Å². The SMILES string of the molecule is CN(CCC(=O)O)C(=O)NCCc1nn(C)c2ccccc12. The molecule has 118 valence electrons. The summed E-state index contributed by atoms with van der Waals surface area (Å²) in [6, 6.07) is 7.67. The molecule has 7 heteroatoms. The van der Waals surface area contributed by atoms with E-state index in [1.165, 1.54) is 4.90 Å². The zero-order valence-electron chi connectivity index (χ0n) is 12.7. The number of carboxylic acid groups (broad SMARTS) is 1. The number of rotatable bonds is 6. The number of benzene rings is 1. The Hall–Kier alpha value is -2.57. The Morgan fingerprint density at radius 2 is 2.09 bits per heavy atom. The number of para-hydroxylation sites is 1. The van der Waals surface area contributed by atoms with Crippen LogP contribution in [0.15, 0.2) is 24.3 Å². The van der Waals surface area contributed by atoms with Gasteiger partial charge < -0.3 is 15.3 Å². The lowest BCUT2D eigenvalue weighted by molar-refractivity contribution is -0.137. The van der Waals surface area contributed by atoms with Gasteiger partial charge in [0.15, 0.2) is 0 Å². The highest BCUT2D eigenvalue weighted by Gasteiger charge is 2.11. The van der Waals surface area contributed by atoms with Gasteiger partial charge in [-0.05, 0) is 6.07 Å². The number of carboxylic acids is 1. The monoisotopic (exact) mass is 304 g/mol. The van der Waals surface area contributed by atoms with Crippen LogP contribution in [0.25, 0.3) is 10.9 Å². The Morgan fingerprint density at radius 1 is 1.36 bits per heavy atom. The predicted octanol–water partition coefficient (Wildman–Crippen LogP) is 1.23. The molecule has 0 aliphatic carbocycles. The number of aryl methyl sites for hydroxylation is 1. The van der Waals surface area contributed by atoms with Crippen LogP contribution in [-0.2, 0) is 18.3 Å². The van der Waals surface area contributed by atoms with Crippen LogP contribution in [0.5, 0.6) is 0 Å². The highest BCUT2D eigenvalue weighted by molar-refractivity contribution is 5.82. The minimum Gasteiger partial charge on any atom is -0.481 e. The molecule has 2 amide bonds.